The molecule has 2 rings (SSSR count). The molecule has 6 nitrogen and oxygen atoms in total. The number of carboxylic acid groups (broad SMARTS) is 1. The van der Waals surface area contributed by atoms with E-state index in [1.54, 1.807) is 18.2 Å². The topological polar surface area (TPSA) is 95.5 Å². The molecule has 0 fully saturated rings. The molecule has 0 radical (unpaired) electrons. The summed E-state index contributed by atoms with van der Waals surface area (Å²) in [6, 6.07) is 10.3. The molecule has 0 saturated heterocycles. The van der Waals surface area contributed by atoms with E-state index in [1.165, 1.54) is 13.0 Å². The van der Waals surface area contributed by atoms with Crippen LogP contribution >= 0.6 is 0 Å². The van der Waals surface area contributed by atoms with Crippen molar-refractivity contribution in [3.05, 3.63) is 47.5 Å². The number of carboxylic acids is 1. The standard InChI is InChI=1S/C16H16N2O4/c1-10(19)17-6-7-18-15(20)13-8-11-4-2-3-5-12(11)9-14(13)16(21)22/h2-5,8-9H,6-7H2,1H3,(H,17,19)(H,18,20)(H,21,22). The van der Waals surface area contributed by atoms with E-state index in [0.717, 1.165) is 10.8 Å². The lowest BCUT2D eigenvalue weighted by molar-refractivity contribution is -0.118. The largest absolute Gasteiger partial charge is 0.478 e. The highest BCUT2D eigenvalue weighted by molar-refractivity contribution is 6.08. The Morgan fingerprint density at radius 3 is 2.05 bits per heavy atom. The first kappa shape index (κ1) is 15.5. The molecule has 2 amide bonds. The first-order chi connectivity index (χ1) is 10.5. The van der Waals surface area contributed by atoms with Crippen LogP contribution in [0.1, 0.15) is 27.6 Å². The van der Waals surface area contributed by atoms with Gasteiger partial charge in [-0.15, -0.1) is 0 Å². The number of rotatable bonds is 5. The Labute approximate surface area is 127 Å². The Bertz CT molecular complexity index is 740. The molecule has 22 heavy (non-hydrogen) atoms. The summed E-state index contributed by atoms with van der Waals surface area (Å²) >= 11 is 0. The predicted molar refractivity (Wildman–Crippen MR) is 81.9 cm³/mol. The monoisotopic (exact) mass is 300 g/mol. The fraction of sp³-hybridized carbons (Fsp3) is 0.188. The molecule has 0 aliphatic rings. The lowest BCUT2D eigenvalue weighted by Gasteiger charge is -2.10. The Hall–Kier alpha value is -2.89. The van der Waals surface area contributed by atoms with E-state index in [4.69, 9.17) is 0 Å². The van der Waals surface area contributed by atoms with Crippen molar-refractivity contribution in [1.29, 1.82) is 0 Å². The zero-order valence-electron chi connectivity index (χ0n) is 12.1. The summed E-state index contributed by atoms with van der Waals surface area (Å²) in [4.78, 5) is 34.3. The van der Waals surface area contributed by atoms with Gasteiger partial charge < -0.3 is 15.7 Å². The van der Waals surface area contributed by atoms with Crippen molar-refractivity contribution in [2.75, 3.05) is 13.1 Å². The van der Waals surface area contributed by atoms with Crippen LogP contribution in [0.3, 0.4) is 0 Å². The van der Waals surface area contributed by atoms with Gasteiger partial charge in [-0.1, -0.05) is 24.3 Å². The van der Waals surface area contributed by atoms with Gasteiger partial charge >= 0.3 is 5.97 Å². The summed E-state index contributed by atoms with van der Waals surface area (Å²) in [5.74, 6) is -1.82. The summed E-state index contributed by atoms with van der Waals surface area (Å²) in [7, 11) is 0. The second-order valence-corrected chi connectivity index (χ2v) is 4.79. The van der Waals surface area contributed by atoms with Gasteiger partial charge in [0, 0.05) is 20.0 Å². The van der Waals surface area contributed by atoms with Crippen LogP contribution in [-0.2, 0) is 4.79 Å². The van der Waals surface area contributed by atoms with Gasteiger partial charge in [-0.2, -0.15) is 0 Å². The molecule has 2 aromatic rings. The third kappa shape index (κ3) is 3.60. The van der Waals surface area contributed by atoms with Crippen molar-refractivity contribution in [1.82, 2.24) is 10.6 Å². The first-order valence-corrected chi connectivity index (χ1v) is 6.78. The van der Waals surface area contributed by atoms with Crippen LogP contribution in [0.25, 0.3) is 10.8 Å². The Balaban J connectivity index is 2.24. The van der Waals surface area contributed by atoms with E-state index in [2.05, 4.69) is 10.6 Å². The lowest BCUT2D eigenvalue weighted by atomic mass is 10.0. The summed E-state index contributed by atoms with van der Waals surface area (Å²) in [5.41, 5.74) is 0.0600. The van der Waals surface area contributed by atoms with Crippen molar-refractivity contribution in [2.45, 2.75) is 6.92 Å². The third-order valence-electron chi connectivity index (χ3n) is 3.15. The minimum atomic E-state index is -1.15. The van der Waals surface area contributed by atoms with Crippen molar-refractivity contribution >= 4 is 28.6 Å². The number of fused-ring (bicyclic) bond motifs is 1. The first-order valence-electron chi connectivity index (χ1n) is 6.78. The summed E-state index contributed by atoms with van der Waals surface area (Å²) in [6.07, 6.45) is 0. The molecule has 0 aliphatic carbocycles. The molecular weight excluding hydrogens is 284 g/mol. The molecule has 6 heteroatoms. The fourth-order valence-corrected chi connectivity index (χ4v) is 2.11. The number of nitrogens with one attached hydrogen (secondary N) is 2. The van der Waals surface area contributed by atoms with Gasteiger partial charge in [0.2, 0.25) is 5.91 Å². The van der Waals surface area contributed by atoms with Crippen molar-refractivity contribution in [3.8, 4) is 0 Å². The maximum absolute atomic E-state index is 12.2. The maximum atomic E-state index is 12.2. The van der Waals surface area contributed by atoms with Crippen molar-refractivity contribution < 1.29 is 19.5 Å². The average Bonchev–Trinajstić information content (AvgIpc) is 2.49. The quantitative estimate of drug-likeness (QED) is 0.727. The number of carbonyl (C=O) groups excluding carboxylic acids is 2. The number of aromatic carboxylic acids is 1. The van der Waals surface area contributed by atoms with Gasteiger partial charge in [0.15, 0.2) is 0 Å². The van der Waals surface area contributed by atoms with Crippen LogP contribution in [0, 0.1) is 0 Å². The summed E-state index contributed by atoms with van der Waals surface area (Å²) in [6.45, 7) is 1.90. The van der Waals surface area contributed by atoms with Crippen molar-refractivity contribution in [3.63, 3.8) is 0 Å². The molecular formula is C16H16N2O4. The average molecular weight is 300 g/mol. The zero-order valence-corrected chi connectivity index (χ0v) is 12.1. The molecule has 0 aliphatic heterocycles. The van der Waals surface area contributed by atoms with E-state index < -0.39 is 11.9 Å². The molecule has 0 spiro atoms. The van der Waals surface area contributed by atoms with Crippen molar-refractivity contribution in [2.24, 2.45) is 0 Å². The zero-order chi connectivity index (χ0) is 16.1. The fourth-order valence-electron chi connectivity index (χ4n) is 2.11. The van der Waals surface area contributed by atoms with E-state index in [-0.39, 0.29) is 30.1 Å². The Kier molecular flexibility index (Phi) is 4.73. The van der Waals surface area contributed by atoms with E-state index >= 15 is 0 Å². The van der Waals surface area contributed by atoms with E-state index in [1.807, 2.05) is 12.1 Å². The minimum Gasteiger partial charge on any atom is -0.478 e. The maximum Gasteiger partial charge on any atom is 0.336 e. The number of hydrogen-bond acceptors (Lipinski definition) is 3. The van der Waals surface area contributed by atoms with Gasteiger partial charge in [-0.3, -0.25) is 9.59 Å². The normalized spacial score (nSPS) is 10.2. The highest BCUT2D eigenvalue weighted by Gasteiger charge is 2.17. The number of benzene rings is 2. The second-order valence-electron chi connectivity index (χ2n) is 4.79. The Morgan fingerprint density at radius 2 is 1.50 bits per heavy atom. The number of hydrogen-bond donors (Lipinski definition) is 3. The molecule has 0 atom stereocenters. The molecule has 0 bridgehead atoms. The van der Waals surface area contributed by atoms with Crippen LogP contribution < -0.4 is 10.6 Å². The van der Waals surface area contributed by atoms with Crippen LogP contribution in [-0.4, -0.2) is 36.0 Å². The molecule has 0 saturated carbocycles. The lowest BCUT2D eigenvalue weighted by Crippen LogP contribution is -2.34. The summed E-state index contributed by atoms with van der Waals surface area (Å²) < 4.78 is 0. The van der Waals surface area contributed by atoms with Gasteiger partial charge in [0.05, 0.1) is 11.1 Å². The number of carbonyl (C=O) groups is 3. The van der Waals surface area contributed by atoms with Crippen LogP contribution in [0.5, 0.6) is 0 Å². The van der Waals surface area contributed by atoms with Gasteiger partial charge in [-0.05, 0) is 22.9 Å². The highest BCUT2D eigenvalue weighted by Crippen LogP contribution is 2.20. The SMILES string of the molecule is CC(=O)NCCNC(=O)c1cc2ccccc2cc1C(=O)O. The molecule has 3 N–H and O–H groups in total. The predicted octanol–water partition coefficient (Wildman–Crippen LogP) is 1.40. The Morgan fingerprint density at radius 1 is 0.955 bits per heavy atom. The molecule has 0 unspecified atom stereocenters. The van der Waals surface area contributed by atoms with E-state index in [0.29, 0.717) is 0 Å². The van der Waals surface area contributed by atoms with Crippen LogP contribution in [0.4, 0.5) is 0 Å². The third-order valence-corrected chi connectivity index (χ3v) is 3.15. The number of amides is 2. The molecule has 2 aromatic carbocycles. The van der Waals surface area contributed by atoms with Gasteiger partial charge in [0.25, 0.3) is 5.91 Å². The van der Waals surface area contributed by atoms with Gasteiger partial charge in [0.1, 0.15) is 0 Å². The smallest absolute Gasteiger partial charge is 0.336 e. The molecule has 114 valence electrons. The summed E-state index contributed by atoms with van der Waals surface area (Å²) in [5, 5.41) is 16.0. The van der Waals surface area contributed by atoms with Crippen LogP contribution in [0.2, 0.25) is 0 Å². The minimum absolute atomic E-state index is 0.0456. The van der Waals surface area contributed by atoms with Gasteiger partial charge in [-0.25, -0.2) is 4.79 Å². The second kappa shape index (κ2) is 6.71. The molecule has 0 heterocycles. The molecule has 0 aromatic heterocycles. The van der Waals surface area contributed by atoms with E-state index in [9.17, 15) is 19.5 Å². The van der Waals surface area contributed by atoms with Crippen LogP contribution in [0.15, 0.2) is 36.4 Å². The highest BCUT2D eigenvalue weighted by atomic mass is 16.4.